The van der Waals surface area contributed by atoms with Crippen LogP contribution in [0.5, 0.6) is 0 Å². The Balaban J connectivity index is 2.79. The summed E-state index contributed by atoms with van der Waals surface area (Å²) in [5, 5.41) is 4.00. The molecule has 1 heterocycles. The van der Waals surface area contributed by atoms with Gasteiger partial charge in [0.25, 0.3) is 0 Å². The highest BCUT2D eigenvalue weighted by atomic mass is 79.9. The van der Waals surface area contributed by atoms with Crippen molar-refractivity contribution in [3.63, 3.8) is 0 Å². The van der Waals surface area contributed by atoms with E-state index in [2.05, 4.69) is 26.0 Å². The molecule has 5 nitrogen and oxygen atoms in total. The van der Waals surface area contributed by atoms with Crippen LogP contribution in [0.1, 0.15) is 13.8 Å². The number of anilines is 1. The van der Waals surface area contributed by atoms with E-state index in [9.17, 15) is 0 Å². The molecule has 0 unspecified atom stereocenters. The van der Waals surface area contributed by atoms with Gasteiger partial charge < -0.3 is 10.5 Å². The molecule has 6 heteroatoms. The Hall–Kier alpha value is -0.620. The Morgan fingerprint density at radius 1 is 1.62 bits per heavy atom. The molecule has 1 aromatic rings. The lowest BCUT2D eigenvalue weighted by Crippen LogP contribution is -2.29. The number of ether oxygens (including phenoxy) is 1. The molecular formula is C7H13BrN4O. The van der Waals surface area contributed by atoms with Gasteiger partial charge in [0.15, 0.2) is 4.73 Å². The number of nitrogens with two attached hydrogens (primary N) is 1. The van der Waals surface area contributed by atoms with E-state index in [0.29, 0.717) is 11.3 Å². The molecule has 0 spiro atoms. The van der Waals surface area contributed by atoms with E-state index in [1.807, 2.05) is 13.8 Å². The SMILES string of the molecule is COC(C)(C)Cn1nc(N)nc1Br. The van der Waals surface area contributed by atoms with Gasteiger partial charge in [0.1, 0.15) is 0 Å². The first-order chi connectivity index (χ1) is 5.94. The largest absolute Gasteiger partial charge is 0.377 e. The summed E-state index contributed by atoms with van der Waals surface area (Å²) in [4.78, 5) is 3.92. The monoisotopic (exact) mass is 248 g/mol. The van der Waals surface area contributed by atoms with Gasteiger partial charge in [-0.1, -0.05) is 0 Å². The number of rotatable bonds is 3. The zero-order valence-corrected chi connectivity index (χ0v) is 9.50. The molecule has 0 atom stereocenters. The fraction of sp³-hybridized carbons (Fsp3) is 0.714. The highest BCUT2D eigenvalue weighted by Crippen LogP contribution is 2.15. The van der Waals surface area contributed by atoms with Crippen LogP contribution in [0.3, 0.4) is 0 Å². The fourth-order valence-corrected chi connectivity index (χ4v) is 1.25. The topological polar surface area (TPSA) is 66.0 Å². The number of hydrogen-bond acceptors (Lipinski definition) is 4. The summed E-state index contributed by atoms with van der Waals surface area (Å²) in [6, 6.07) is 0. The van der Waals surface area contributed by atoms with Crippen molar-refractivity contribution in [2.45, 2.75) is 26.0 Å². The molecule has 2 N–H and O–H groups in total. The second kappa shape index (κ2) is 3.63. The maximum Gasteiger partial charge on any atom is 0.240 e. The predicted molar refractivity (Wildman–Crippen MR) is 53.2 cm³/mol. The summed E-state index contributed by atoms with van der Waals surface area (Å²) in [7, 11) is 1.66. The maximum absolute atomic E-state index is 5.43. The van der Waals surface area contributed by atoms with E-state index in [-0.39, 0.29) is 11.5 Å². The van der Waals surface area contributed by atoms with Gasteiger partial charge in [0, 0.05) is 7.11 Å². The second-order valence-corrected chi connectivity index (χ2v) is 4.07. The molecule has 0 aliphatic rings. The molecule has 0 saturated heterocycles. The lowest BCUT2D eigenvalue weighted by Gasteiger charge is -2.22. The third-order valence-electron chi connectivity index (χ3n) is 1.73. The molecule has 0 amide bonds. The first kappa shape index (κ1) is 10.5. The number of methoxy groups -OCH3 is 1. The average Bonchev–Trinajstić information content (AvgIpc) is 2.30. The summed E-state index contributed by atoms with van der Waals surface area (Å²) >= 11 is 3.25. The molecule has 1 aromatic heterocycles. The zero-order chi connectivity index (χ0) is 10.1. The van der Waals surface area contributed by atoms with Crippen molar-refractivity contribution in [1.29, 1.82) is 0 Å². The van der Waals surface area contributed by atoms with Gasteiger partial charge in [-0.05, 0) is 29.8 Å². The van der Waals surface area contributed by atoms with Crippen molar-refractivity contribution in [2.75, 3.05) is 12.8 Å². The van der Waals surface area contributed by atoms with Crippen molar-refractivity contribution in [2.24, 2.45) is 0 Å². The zero-order valence-electron chi connectivity index (χ0n) is 7.91. The second-order valence-electron chi connectivity index (χ2n) is 3.36. The minimum atomic E-state index is -0.275. The highest BCUT2D eigenvalue weighted by molar-refractivity contribution is 9.10. The van der Waals surface area contributed by atoms with Crippen LogP contribution in [0.15, 0.2) is 4.73 Å². The molecule has 0 saturated carbocycles. The van der Waals surface area contributed by atoms with Crippen LogP contribution in [0.4, 0.5) is 5.95 Å². The maximum atomic E-state index is 5.43. The van der Waals surface area contributed by atoms with E-state index < -0.39 is 0 Å². The molecule has 13 heavy (non-hydrogen) atoms. The van der Waals surface area contributed by atoms with Gasteiger partial charge in [0.05, 0.1) is 12.1 Å². The van der Waals surface area contributed by atoms with E-state index in [1.165, 1.54) is 0 Å². The van der Waals surface area contributed by atoms with Gasteiger partial charge in [-0.25, -0.2) is 4.68 Å². The fourth-order valence-electron chi connectivity index (χ4n) is 0.865. The van der Waals surface area contributed by atoms with E-state index in [4.69, 9.17) is 10.5 Å². The van der Waals surface area contributed by atoms with Crippen LogP contribution in [-0.2, 0) is 11.3 Å². The van der Waals surface area contributed by atoms with Gasteiger partial charge in [-0.3, -0.25) is 0 Å². The Labute approximate surface area is 85.4 Å². The summed E-state index contributed by atoms with van der Waals surface area (Å²) in [5.41, 5.74) is 5.15. The predicted octanol–water partition coefficient (Wildman–Crippen LogP) is 1.05. The number of hydrogen-bond donors (Lipinski definition) is 1. The summed E-state index contributed by atoms with van der Waals surface area (Å²) in [6.07, 6.45) is 0. The van der Waals surface area contributed by atoms with Gasteiger partial charge in [-0.2, -0.15) is 4.98 Å². The number of nitrogen functional groups attached to an aromatic ring is 1. The van der Waals surface area contributed by atoms with Crippen molar-refractivity contribution in [3.8, 4) is 0 Å². The van der Waals surface area contributed by atoms with Crippen molar-refractivity contribution < 1.29 is 4.74 Å². The molecule has 0 aliphatic heterocycles. The number of aromatic nitrogens is 3. The van der Waals surface area contributed by atoms with Crippen LogP contribution in [0.2, 0.25) is 0 Å². The third-order valence-corrected chi connectivity index (χ3v) is 2.31. The molecule has 74 valence electrons. The summed E-state index contributed by atoms with van der Waals surface area (Å²) in [6.45, 7) is 4.54. The van der Waals surface area contributed by atoms with Crippen molar-refractivity contribution in [3.05, 3.63) is 4.73 Å². The number of halogens is 1. The minimum absolute atomic E-state index is 0.263. The van der Waals surface area contributed by atoms with Crippen molar-refractivity contribution >= 4 is 21.9 Å². The first-order valence-corrected chi connectivity index (χ1v) is 4.65. The summed E-state index contributed by atoms with van der Waals surface area (Å²) < 4.78 is 7.54. The average molecular weight is 249 g/mol. The van der Waals surface area contributed by atoms with E-state index >= 15 is 0 Å². The van der Waals surface area contributed by atoms with E-state index in [0.717, 1.165) is 0 Å². The quantitative estimate of drug-likeness (QED) is 0.869. The van der Waals surface area contributed by atoms with Crippen LogP contribution in [0.25, 0.3) is 0 Å². The lowest BCUT2D eigenvalue weighted by atomic mass is 10.1. The molecule has 0 radical (unpaired) electrons. The van der Waals surface area contributed by atoms with Crippen LogP contribution in [-0.4, -0.2) is 27.5 Å². The standard InChI is InChI=1S/C7H13BrN4O/c1-7(2,13-3)4-12-5(8)10-6(9)11-12/h4H2,1-3H3,(H2,9,11). The Bertz CT molecular complexity index is 297. The third kappa shape index (κ3) is 2.67. The van der Waals surface area contributed by atoms with Gasteiger partial charge >= 0.3 is 0 Å². The minimum Gasteiger partial charge on any atom is -0.377 e. The van der Waals surface area contributed by atoms with E-state index in [1.54, 1.807) is 11.8 Å². The molecule has 0 aromatic carbocycles. The normalized spacial score (nSPS) is 12.0. The molecule has 1 rings (SSSR count). The Morgan fingerprint density at radius 2 is 2.23 bits per heavy atom. The molecule has 0 fully saturated rings. The number of nitrogens with zero attached hydrogens (tertiary/aromatic N) is 3. The van der Waals surface area contributed by atoms with Crippen molar-refractivity contribution in [1.82, 2.24) is 14.8 Å². The first-order valence-electron chi connectivity index (χ1n) is 3.85. The molecule has 0 aliphatic carbocycles. The van der Waals surface area contributed by atoms with Crippen LogP contribution < -0.4 is 5.73 Å². The molecule has 0 bridgehead atoms. The summed E-state index contributed by atoms with van der Waals surface area (Å²) in [5.74, 6) is 0.263. The lowest BCUT2D eigenvalue weighted by molar-refractivity contribution is 0.00483. The highest BCUT2D eigenvalue weighted by Gasteiger charge is 2.19. The van der Waals surface area contributed by atoms with Crippen LogP contribution in [0, 0.1) is 0 Å². The Kier molecular flexibility index (Phi) is 2.92. The van der Waals surface area contributed by atoms with Gasteiger partial charge in [-0.15, -0.1) is 5.10 Å². The van der Waals surface area contributed by atoms with Gasteiger partial charge in [0.2, 0.25) is 5.95 Å². The smallest absolute Gasteiger partial charge is 0.240 e. The Morgan fingerprint density at radius 3 is 2.62 bits per heavy atom. The van der Waals surface area contributed by atoms with Crippen LogP contribution >= 0.6 is 15.9 Å². The molecular weight excluding hydrogens is 236 g/mol.